The van der Waals surface area contributed by atoms with Crippen molar-refractivity contribution in [1.82, 2.24) is 0 Å². The van der Waals surface area contributed by atoms with E-state index in [1.54, 1.807) is 0 Å². The predicted molar refractivity (Wildman–Crippen MR) is 39.4 cm³/mol. The second-order valence-corrected chi connectivity index (χ2v) is 4.42. The zero-order valence-electron chi connectivity index (χ0n) is 8.81. The van der Waals surface area contributed by atoms with Gasteiger partial charge >= 0.3 is 36.0 Å². The van der Waals surface area contributed by atoms with E-state index < -0.39 is 40.1 Å². The van der Waals surface area contributed by atoms with Gasteiger partial charge in [-0.1, -0.05) is 13.3 Å². The fraction of sp³-hybridized carbons (Fsp3) is 1.00. The van der Waals surface area contributed by atoms with Crippen LogP contribution in [0.1, 0.15) is 19.8 Å². The van der Waals surface area contributed by atoms with E-state index >= 15 is 0 Å². The summed E-state index contributed by atoms with van der Waals surface area (Å²) in [5.41, 5.74) is 0. The van der Waals surface area contributed by atoms with Gasteiger partial charge in [0.15, 0.2) is 10.1 Å². The second-order valence-electron chi connectivity index (χ2n) is 3.00. The summed E-state index contributed by atoms with van der Waals surface area (Å²) in [5, 5.41) is -6.35. The Morgan fingerprint density at radius 2 is 1.41 bits per heavy atom. The SMILES string of the molecule is CCCC(F)(F)C(F)(F)C(F)(F)S(=O)(=O)[O-].[Li+]. The maximum absolute atomic E-state index is 12.6. The summed E-state index contributed by atoms with van der Waals surface area (Å²) in [7, 11) is -6.87. The van der Waals surface area contributed by atoms with Crippen LogP contribution in [0.15, 0.2) is 0 Å². The van der Waals surface area contributed by atoms with Crippen LogP contribution in [0, 0.1) is 0 Å². The third kappa shape index (κ3) is 3.30. The number of alkyl halides is 6. The summed E-state index contributed by atoms with van der Waals surface area (Å²) in [6.45, 7) is 1.01. The Bertz CT molecular complexity index is 355. The molecule has 0 aromatic carbocycles. The number of hydrogen-bond donors (Lipinski definition) is 0. The van der Waals surface area contributed by atoms with Gasteiger partial charge < -0.3 is 4.55 Å². The molecule has 11 heteroatoms. The molecule has 17 heavy (non-hydrogen) atoms. The summed E-state index contributed by atoms with van der Waals surface area (Å²) in [4.78, 5) is 0. The standard InChI is InChI=1S/C6H8F6O3S.Li/c1-2-3-4(7,8)5(9,10)6(11,12)16(13,14)15;/h2-3H2,1H3,(H,13,14,15);/q;+1/p-1. The molecule has 0 heterocycles. The van der Waals surface area contributed by atoms with Crippen molar-refractivity contribution in [2.45, 2.75) is 36.9 Å². The molecule has 0 aromatic rings. The Morgan fingerprint density at radius 1 is 1.06 bits per heavy atom. The van der Waals surface area contributed by atoms with Crippen LogP contribution >= 0.6 is 0 Å². The van der Waals surface area contributed by atoms with Crippen LogP contribution in [-0.4, -0.2) is 30.1 Å². The van der Waals surface area contributed by atoms with Crippen LogP contribution in [0.3, 0.4) is 0 Å². The fourth-order valence-corrected chi connectivity index (χ4v) is 1.30. The third-order valence-electron chi connectivity index (χ3n) is 1.70. The van der Waals surface area contributed by atoms with Gasteiger partial charge in [0.1, 0.15) is 0 Å². The van der Waals surface area contributed by atoms with Crippen LogP contribution in [0.4, 0.5) is 26.3 Å². The molecule has 0 N–H and O–H groups in total. The molecule has 0 bridgehead atoms. The van der Waals surface area contributed by atoms with Crippen LogP contribution in [-0.2, 0) is 10.1 Å². The minimum atomic E-state index is -6.87. The van der Waals surface area contributed by atoms with Crippen molar-refractivity contribution in [2.75, 3.05) is 0 Å². The van der Waals surface area contributed by atoms with Gasteiger partial charge in [0.05, 0.1) is 0 Å². The van der Waals surface area contributed by atoms with E-state index in [1.165, 1.54) is 0 Å². The van der Waals surface area contributed by atoms with Gasteiger partial charge in [0, 0.05) is 6.42 Å². The Hall–Kier alpha value is 0.0874. The molecule has 3 nitrogen and oxygen atoms in total. The molecule has 0 saturated heterocycles. The predicted octanol–water partition coefficient (Wildman–Crippen LogP) is -0.801. The van der Waals surface area contributed by atoms with Crippen molar-refractivity contribution in [2.24, 2.45) is 0 Å². The fourth-order valence-electron chi connectivity index (χ4n) is 0.841. The van der Waals surface area contributed by atoms with E-state index in [0.717, 1.165) is 6.92 Å². The maximum atomic E-state index is 12.6. The second kappa shape index (κ2) is 5.38. The summed E-state index contributed by atoms with van der Waals surface area (Å²) >= 11 is 0. The average Bonchev–Trinajstić information content (AvgIpc) is 2.01. The first-order valence-electron chi connectivity index (χ1n) is 3.90. The molecule has 0 amide bonds. The van der Waals surface area contributed by atoms with Crippen molar-refractivity contribution in [3.8, 4) is 0 Å². The zero-order valence-corrected chi connectivity index (χ0v) is 9.63. The van der Waals surface area contributed by atoms with E-state index in [-0.39, 0.29) is 18.9 Å². The smallest absolute Gasteiger partial charge is 0.743 e. The van der Waals surface area contributed by atoms with E-state index in [1.807, 2.05) is 0 Å². The molecule has 0 rings (SSSR count). The van der Waals surface area contributed by atoms with Crippen LogP contribution in [0.2, 0.25) is 0 Å². The number of halogens is 6. The van der Waals surface area contributed by atoms with Crippen molar-refractivity contribution < 1.29 is 58.2 Å². The monoisotopic (exact) mass is 280 g/mol. The zero-order chi connectivity index (χ0) is 13.4. The first kappa shape index (κ1) is 19.4. The van der Waals surface area contributed by atoms with Crippen molar-refractivity contribution >= 4 is 10.1 Å². The van der Waals surface area contributed by atoms with Crippen molar-refractivity contribution in [3.63, 3.8) is 0 Å². The van der Waals surface area contributed by atoms with Gasteiger partial charge in [-0.15, -0.1) is 0 Å². The molecule has 0 aliphatic carbocycles. The Kier molecular flexibility index (Phi) is 6.15. The first-order chi connectivity index (χ1) is 6.81. The molecular weight excluding hydrogens is 273 g/mol. The summed E-state index contributed by atoms with van der Waals surface area (Å²) < 4.78 is 105. The van der Waals surface area contributed by atoms with Gasteiger partial charge in [-0.05, 0) is 0 Å². The van der Waals surface area contributed by atoms with Gasteiger partial charge in [0.2, 0.25) is 0 Å². The van der Waals surface area contributed by atoms with Crippen LogP contribution < -0.4 is 18.9 Å². The summed E-state index contributed by atoms with van der Waals surface area (Å²) in [5.74, 6) is -11.5. The topological polar surface area (TPSA) is 57.2 Å². The van der Waals surface area contributed by atoms with E-state index in [4.69, 9.17) is 0 Å². The Balaban J connectivity index is 0. The largest absolute Gasteiger partial charge is 1.00 e. The van der Waals surface area contributed by atoms with E-state index in [2.05, 4.69) is 0 Å². The molecule has 98 valence electrons. The molecule has 0 spiro atoms. The molecule has 0 aliphatic rings. The normalized spacial score (nSPS) is 14.4. The Morgan fingerprint density at radius 3 is 1.65 bits per heavy atom. The molecule has 0 radical (unpaired) electrons. The van der Waals surface area contributed by atoms with Gasteiger partial charge in [-0.2, -0.15) is 26.3 Å². The Labute approximate surface area is 105 Å². The molecule has 0 atom stereocenters. The van der Waals surface area contributed by atoms with Gasteiger partial charge in [-0.3, -0.25) is 0 Å². The molecule has 0 fully saturated rings. The molecule has 0 saturated carbocycles. The van der Waals surface area contributed by atoms with Gasteiger partial charge in [-0.25, -0.2) is 8.42 Å². The van der Waals surface area contributed by atoms with Crippen molar-refractivity contribution in [3.05, 3.63) is 0 Å². The van der Waals surface area contributed by atoms with Crippen LogP contribution in [0.25, 0.3) is 0 Å². The first-order valence-corrected chi connectivity index (χ1v) is 5.31. The minimum absolute atomic E-state index is 0. The summed E-state index contributed by atoms with van der Waals surface area (Å²) in [6.07, 6.45) is -2.25. The van der Waals surface area contributed by atoms with Crippen molar-refractivity contribution in [1.29, 1.82) is 0 Å². The quantitative estimate of drug-likeness (QED) is 0.376. The van der Waals surface area contributed by atoms with E-state index in [0.29, 0.717) is 0 Å². The van der Waals surface area contributed by atoms with Crippen LogP contribution in [0.5, 0.6) is 0 Å². The third-order valence-corrected chi connectivity index (χ3v) is 2.59. The molecule has 0 aliphatic heterocycles. The minimum Gasteiger partial charge on any atom is -0.743 e. The molecular formula is C6H7F6LiO3S. The van der Waals surface area contributed by atoms with Gasteiger partial charge in [0.25, 0.3) is 0 Å². The molecule has 0 aromatic heterocycles. The maximum Gasteiger partial charge on any atom is 1.00 e. The summed E-state index contributed by atoms with van der Waals surface area (Å²) in [6, 6.07) is 0. The molecule has 0 unspecified atom stereocenters. The number of rotatable bonds is 5. The average molecular weight is 280 g/mol. The number of hydrogen-bond acceptors (Lipinski definition) is 3. The van der Waals surface area contributed by atoms with E-state index in [9.17, 15) is 39.3 Å².